The van der Waals surface area contributed by atoms with E-state index in [2.05, 4.69) is 33.2 Å². The van der Waals surface area contributed by atoms with Crippen molar-refractivity contribution in [3.8, 4) is 0 Å². The fourth-order valence-electron chi connectivity index (χ4n) is 2.61. The molecule has 0 aromatic rings. The van der Waals surface area contributed by atoms with E-state index >= 15 is 0 Å². The predicted molar refractivity (Wildman–Crippen MR) is 97.9 cm³/mol. The first-order chi connectivity index (χ1) is 11.5. The van der Waals surface area contributed by atoms with Gasteiger partial charge >= 0.3 is 0 Å². The van der Waals surface area contributed by atoms with E-state index in [0.29, 0.717) is 30.8 Å². The minimum Gasteiger partial charge on any atom is -0.379 e. The maximum absolute atomic E-state index is 12.1. The second-order valence-corrected chi connectivity index (χ2v) is 6.55. The second kappa shape index (κ2) is 12.6. The third-order valence-corrected chi connectivity index (χ3v) is 4.36. The molecule has 7 nitrogen and oxygen atoms in total. The number of carbonyl (C=O) groups is 3. The first-order valence-electron chi connectivity index (χ1n) is 8.31. The Bertz CT molecular complexity index is 411. The molecule has 0 heterocycles. The summed E-state index contributed by atoms with van der Waals surface area (Å²) in [6.45, 7) is 2.90. The molecule has 0 spiro atoms. The average molecular weight is 454 g/mol. The van der Waals surface area contributed by atoms with Crippen molar-refractivity contribution < 1.29 is 23.9 Å². The molecule has 2 N–H and O–H groups in total. The minimum absolute atomic E-state index is 0.000896. The van der Waals surface area contributed by atoms with Crippen molar-refractivity contribution >= 4 is 40.2 Å². The molecule has 0 saturated heterocycles. The van der Waals surface area contributed by atoms with Crippen LogP contribution in [0.3, 0.4) is 0 Å². The molecule has 2 amide bonds. The lowest BCUT2D eigenvalue weighted by molar-refractivity contribution is -0.127. The zero-order valence-electron chi connectivity index (χ0n) is 14.1. The van der Waals surface area contributed by atoms with Gasteiger partial charge in [0.25, 0.3) is 0 Å². The third-order valence-electron chi connectivity index (χ3n) is 3.92. The molecule has 1 aliphatic rings. The Morgan fingerprint density at radius 1 is 1.08 bits per heavy atom. The highest BCUT2D eigenvalue weighted by atomic mass is 127. The quantitative estimate of drug-likeness (QED) is 0.278. The van der Waals surface area contributed by atoms with Crippen molar-refractivity contribution in [3.05, 3.63) is 0 Å². The number of Topliss-reactive ketones (excluding diaryl/α,β-unsaturated/α-hetero) is 1. The molecule has 0 atom stereocenters. The van der Waals surface area contributed by atoms with Crippen LogP contribution in [0.4, 0.5) is 0 Å². The van der Waals surface area contributed by atoms with Crippen molar-refractivity contribution in [2.24, 2.45) is 5.92 Å². The fraction of sp³-hybridized carbons (Fsp3) is 0.812. The number of ketones is 1. The number of hydrogen-bond acceptors (Lipinski definition) is 5. The molecular weight excluding hydrogens is 427 g/mol. The standard InChI is InChI=1S/C16H27IN2O5/c1-12(20)6-8-23-9-7-18-16(22)13-2-4-14(5-3-13)19-15(21)10-24-11-17/h13-14H,2-11H2,1H3,(H,18,22)(H,19,21). The first kappa shape index (κ1) is 21.3. The molecule has 0 aromatic carbocycles. The van der Waals surface area contributed by atoms with Crippen LogP contribution in [0.1, 0.15) is 39.0 Å². The highest BCUT2D eigenvalue weighted by Crippen LogP contribution is 2.24. The lowest BCUT2D eigenvalue weighted by Gasteiger charge is -2.28. The van der Waals surface area contributed by atoms with Gasteiger partial charge in [-0.05, 0) is 32.6 Å². The van der Waals surface area contributed by atoms with Crippen LogP contribution in [0.5, 0.6) is 0 Å². The van der Waals surface area contributed by atoms with Crippen molar-refractivity contribution in [1.29, 1.82) is 0 Å². The SMILES string of the molecule is CC(=O)CCOCCNC(=O)C1CCC(NC(=O)COCI)CC1. The molecule has 1 aliphatic carbocycles. The van der Waals surface area contributed by atoms with Crippen LogP contribution in [-0.4, -0.2) is 54.6 Å². The largest absolute Gasteiger partial charge is 0.379 e. The number of ether oxygens (including phenoxy) is 2. The predicted octanol–water partition coefficient (Wildman–Crippen LogP) is 1.18. The van der Waals surface area contributed by atoms with E-state index in [1.807, 2.05) is 0 Å². The van der Waals surface area contributed by atoms with E-state index in [1.54, 1.807) is 0 Å². The van der Waals surface area contributed by atoms with Gasteiger partial charge in [0.2, 0.25) is 11.8 Å². The summed E-state index contributed by atoms with van der Waals surface area (Å²) in [5, 5.41) is 5.81. The average Bonchev–Trinajstić information content (AvgIpc) is 2.56. The number of nitrogens with one attached hydrogen (secondary N) is 2. The zero-order chi connectivity index (χ0) is 17.8. The Morgan fingerprint density at radius 2 is 1.79 bits per heavy atom. The lowest BCUT2D eigenvalue weighted by atomic mass is 9.85. The maximum Gasteiger partial charge on any atom is 0.246 e. The van der Waals surface area contributed by atoms with Gasteiger partial charge in [0.15, 0.2) is 0 Å². The molecule has 0 unspecified atom stereocenters. The summed E-state index contributed by atoms with van der Waals surface area (Å²) in [5.41, 5.74) is 0. The highest BCUT2D eigenvalue weighted by Gasteiger charge is 2.26. The summed E-state index contributed by atoms with van der Waals surface area (Å²) in [5.74, 6) is 0.0511. The molecule has 1 saturated carbocycles. The summed E-state index contributed by atoms with van der Waals surface area (Å²) < 4.78 is 10.8. The summed E-state index contributed by atoms with van der Waals surface area (Å²) in [6, 6.07) is 0.134. The smallest absolute Gasteiger partial charge is 0.246 e. The van der Waals surface area contributed by atoms with E-state index in [4.69, 9.17) is 9.47 Å². The number of hydrogen-bond donors (Lipinski definition) is 2. The highest BCUT2D eigenvalue weighted by molar-refractivity contribution is 14.1. The van der Waals surface area contributed by atoms with Gasteiger partial charge in [-0.15, -0.1) is 0 Å². The van der Waals surface area contributed by atoms with Gasteiger partial charge in [-0.25, -0.2) is 0 Å². The Hall–Kier alpha value is -0.740. The van der Waals surface area contributed by atoms with E-state index in [-0.39, 0.29) is 36.2 Å². The van der Waals surface area contributed by atoms with Crippen LogP contribution in [0.25, 0.3) is 0 Å². The molecule has 138 valence electrons. The summed E-state index contributed by atoms with van der Waals surface area (Å²) in [6.07, 6.45) is 3.57. The van der Waals surface area contributed by atoms with E-state index in [1.165, 1.54) is 6.92 Å². The van der Waals surface area contributed by atoms with Gasteiger partial charge in [0.1, 0.15) is 12.4 Å². The second-order valence-electron chi connectivity index (χ2n) is 5.93. The zero-order valence-corrected chi connectivity index (χ0v) is 16.3. The topological polar surface area (TPSA) is 93.7 Å². The van der Waals surface area contributed by atoms with E-state index in [9.17, 15) is 14.4 Å². The van der Waals surface area contributed by atoms with Crippen LogP contribution in [0.15, 0.2) is 0 Å². The van der Waals surface area contributed by atoms with Crippen LogP contribution < -0.4 is 10.6 Å². The van der Waals surface area contributed by atoms with Crippen molar-refractivity contribution in [1.82, 2.24) is 10.6 Å². The molecule has 0 bridgehead atoms. The molecule has 0 aliphatic heterocycles. The number of halogens is 1. The van der Waals surface area contributed by atoms with Gasteiger partial charge in [-0.1, -0.05) is 22.6 Å². The van der Waals surface area contributed by atoms with Crippen LogP contribution in [-0.2, 0) is 23.9 Å². The number of rotatable bonds is 11. The van der Waals surface area contributed by atoms with Crippen LogP contribution >= 0.6 is 22.6 Å². The number of alkyl halides is 1. The molecule has 0 aromatic heterocycles. The molecule has 0 radical (unpaired) electrons. The van der Waals surface area contributed by atoms with E-state index in [0.717, 1.165) is 25.7 Å². The Morgan fingerprint density at radius 3 is 2.42 bits per heavy atom. The van der Waals surface area contributed by atoms with Gasteiger partial charge in [-0.2, -0.15) is 0 Å². The van der Waals surface area contributed by atoms with Crippen molar-refractivity contribution in [2.45, 2.75) is 45.1 Å². The first-order valence-corrected chi connectivity index (χ1v) is 9.83. The molecular formula is C16H27IN2O5. The fourth-order valence-corrected chi connectivity index (χ4v) is 2.83. The van der Waals surface area contributed by atoms with Gasteiger partial charge in [0.05, 0.1) is 17.8 Å². The molecule has 8 heteroatoms. The normalized spacial score (nSPS) is 20.4. The molecule has 1 rings (SSSR count). The van der Waals surface area contributed by atoms with E-state index < -0.39 is 0 Å². The minimum atomic E-state index is -0.0951. The summed E-state index contributed by atoms with van der Waals surface area (Å²) >= 11 is 2.05. The molecule has 24 heavy (non-hydrogen) atoms. The third kappa shape index (κ3) is 9.53. The van der Waals surface area contributed by atoms with Gasteiger partial charge < -0.3 is 20.1 Å². The Kier molecular flexibility index (Phi) is 11.2. The van der Waals surface area contributed by atoms with Gasteiger partial charge in [-0.3, -0.25) is 14.4 Å². The summed E-state index contributed by atoms with van der Waals surface area (Å²) in [4.78, 5) is 34.4. The monoisotopic (exact) mass is 454 g/mol. The summed E-state index contributed by atoms with van der Waals surface area (Å²) in [7, 11) is 0. The van der Waals surface area contributed by atoms with Crippen molar-refractivity contribution in [2.75, 3.05) is 31.0 Å². The van der Waals surface area contributed by atoms with Crippen molar-refractivity contribution in [3.63, 3.8) is 0 Å². The van der Waals surface area contributed by atoms with Crippen LogP contribution in [0, 0.1) is 5.92 Å². The number of amides is 2. The van der Waals surface area contributed by atoms with Crippen LogP contribution in [0.2, 0.25) is 0 Å². The Balaban J connectivity index is 2.10. The molecule has 1 fully saturated rings. The Labute approximate surface area is 156 Å². The van der Waals surface area contributed by atoms with Gasteiger partial charge in [0, 0.05) is 24.9 Å². The number of carbonyl (C=O) groups excluding carboxylic acids is 3. The lowest BCUT2D eigenvalue weighted by Crippen LogP contribution is -2.42. The maximum atomic E-state index is 12.1.